The van der Waals surface area contributed by atoms with E-state index in [1.165, 1.54) is 29.5 Å². The Balaban J connectivity index is 1.64. The number of nitrogens with one attached hydrogen (secondary N) is 1. The van der Waals surface area contributed by atoms with Crippen LogP contribution in [0.5, 0.6) is 0 Å². The van der Waals surface area contributed by atoms with E-state index >= 15 is 0 Å². The van der Waals surface area contributed by atoms with E-state index < -0.39 is 0 Å². The van der Waals surface area contributed by atoms with Gasteiger partial charge in [-0.2, -0.15) is 0 Å². The molecule has 0 aliphatic heterocycles. The molecule has 0 radical (unpaired) electrons. The second-order valence-corrected chi connectivity index (χ2v) is 5.99. The molecule has 3 rings (SSSR count). The van der Waals surface area contributed by atoms with Gasteiger partial charge >= 0.3 is 0 Å². The van der Waals surface area contributed by atoms with E-state index in [9.17, 15) is 0 Å². The zero-order chi connectivity index (χ0) is 14.1. The maximum absolute atomic E-state index is 5.61. The molecular weight excluding hydrogens is 246 g/mol. The second-order valence-electron chi connectivity index (χ2n) is 5.99. The third-order valence-electron chi connectivity index (χ3n) is 4.16. The van der Waals surface area contributed by atoms with Crippen molar-refractivity contribution < 1.29 is 4.42 Å². The molecule has 1 atom stereocenters. The van der Waals surface area contributed by atoms with Gasteiger partial charge in [0.25, 0.3) is 0 Å². The number of rotatable bonds is 5. The largest absolute Gasteiger partial charge is 0.466 e. The SMILES string of the molecule is Cc1cc(C(C)NCc2cccc(C3CC3)c2)c(C)o1. The molecule has 1 unspecified atom stereocenters. The van der Waals surface area contributed by atoms with Crippen LogP contribution < -0.4 is 5.32 Å². The van der Waals surface area contributed by atoms with Crippen LogP contribution in [-0.2, 0) is 6.54 Å². The summed E-state index contributed by atoms with van der Waals surface area (Å²) >= 11 is 0. The summed E-state index contributed by atoms with van der Waals surface area (Å²) < 4.78 is 5.61. The van der Waals surface area contributed by atoms with Crippen molar-refractivity contribution in [3.05, 3.63) is 58.5 Å². The van der Waals surface area contributed by atoms with Gasteiger partial charge in [-0.25, -0.2) is 0 Å². The smallest absolute Gasteiger partial charge is 0.105 e. The minimum Gasteiger partial charge on any atom is -0.466 e. The normalized spacial score (nSPS) is 16.4. The van der Waals surface area contributed by atoms with Gasteiger partial charge in [0.15, 0.2) is 0 Å². The summed E-state index contributed by atoms with van der Waals surface area (Å²) in [6.45, 7) is 7.14. The van der Waals surface area contributed by atoms with Crippen molar-refractivity contribution in [2.45, 2.75) is 52.1 Å². The van der Waals surface area contributed by atoms with Crippen LogP contribution in [0.15, 0.2) is 34.7 Å². The van der Waals surface area contributed by atoms with Gasteiger partial charge in [-0.15, -0.1) is 0 Å². The molecule has 106 valence electrons. The first-order chi connectivity index (χ1) is 9.63. The summed E-state index contributed by atoms with van der Waals surface area (Å²) in [5, 5.41) is 3.60. The molecule has 1 aliphatic rings. The summed E-state index contributed by atoms with van der Waals surface area (Å²) in [7, 11) is 0. The van der Waals surface area contributed by atoms with Gasteiger partial charge in [0.1, 0.15) is 11.5 Å². The molecule has 1 aromatic carbocycles. The van der Waals surface area contributed by atoms with Gasteiger partial charge in [0, 0.05) is 18.2 Å². The van der Waals surface area contributed by atoms with Gasteiger partial charge in [-0.3, -0.25) is 0 Å². The first-order valence-electron chi connectivity index (χ1n) is 7.52. The standard InChI is InChI=1S/C18H23NO/c1-12-9-18(14(3)20-12)13(2)19-11-15-5-4-6-17(10-15)16-7-8-16/h4-6,9-10,13,16,19H,7-8,11H2,1-3H3. The molecule has 1 saturated carbocycles. The Morgan fingerprint density at radius 3 is 2.70 bits per heavy atom. The molecule has 0 spiro atoms. The fourth-order valence-corrected chi connectivity index (χ4v) is 2.83. The molecule has 1 aromatic heterocycles. The lowest BCUT2D eigenvalue weighted by molar-refractivity contribution is 0.489. The first kappa shape index (κ1) is 13.4. The van der Waals surface area contributed by atoms with Crippen LogP contribution in [0.4, 0.5) is 0 Å². The van der Waals surface area contributed by atoms with Gasteiger partial charge in [0.05, 0.1) is 0 Å². The van der Waals surface area contributed by atoms with Crippen LogP contribution in [0.2, 0.25) is 0 Å². The van der Waals surface area contributed by atoms with Crippen molar-refractivity contribution >= 4 is 0 Å². The third kappa shape index (κ3) is 2.96. The van der Waals surface area contributed by atoms with Crippen molar-refractivity contribution in [1.82, 2.24) is 5.32 Å². The van der Waals surface area contributed by atoms with Gasteiger partial charge in [0.2, 0.25) is 0 Å². The van der Waals surface area contributed by atoms with Crippen molar-refractivity contribution in [1.29, 1.82) is 0 Å². The maximum atomic E-state index is 5.61. The molecule has 2 aromatic rings. The average Bonchev–Trinajstić information content (AvgIpc) is 3.22. The van der Waals surface area contributed by atoms with Crippen LogP contribution in [0.25, 0.3) is 0 Å². The Morgan fingerprint density at radius 2 is 2.05 bits per heavy atom. The highest BCUT2D eigenvalue weighted by atomic mass is 16.3. The predicted molar refractivity (Wildman–Crippen MR) is 81.9 cm³/mol. The van der Waals surface area contributed by atoms with Crippen molar-refractivity contribution in [3.63, 3.8) is 0 Å². The van der Waals surface area contributed by atoms with E-state index in [4.69, 9.17) is 4.42 Å². The highest BCUT2D eigenvalue weighted by molar-refractivity contribution is 5.29. The molecule has 1 heterocycles. The molecule has 0 saturated heterocycles. The lowest BCUT2D eigenvalue weighted by Gasteiger charge is -2.13. The number of aryl methyl sites for hydroxylation is 2. The Kier molecular flexibility index (Phi) is 3.66. The topological polar surface area (TPSA) is 25.2 Å². The molecule has 1 N–H and O–H groups in total. The highest BCUT2D eigenvalue weighted by Crippen LogP contribution is 2.40. The van der Waals surface area contributed by atoms with Crippen LogP contribution in [0.1, 0.15) is 59.9 Å². The molecule has 2 heteroatoms. The Hall–Kier alpha value is -1.54. The number of benzene rings is 1. The fourth-order valence-electron chi connectivity index (χ4n) is 2.83. The van der Waals surface area contributed by atoms with Gasteiger partial charge in [-0.1, -0.05) is 24.3 Å². The number of furan rings is 1. The van der Waals surface area contributed by atoms with Crippen LogP contribution >= 0.6 is 0 Å². The monoisotopic (exact) mass is 269 g/mol. The lowest BCUT2D eigenvalue weighted by Crippen LogP contribution is -2.18. The molecular formula is C18H23NO. The zero-order valence-corrected chi connectivity index (χ0v) is 12.6. The Morgan fingerprint density at radius 1 is 1.25 bits per heavy atom. The van der Waals surface area contributed by atoms with E-state index in [2.05, 4.69) is 42.6 Å². The molecule has 20 heavy (non-hydrogen) atoms. The third-order valence-corrected chi connectivity index (χ3v) is 4.16. The minimum atomic E-state index is 0.317. The Bertz CT molecular complexity index is 595. The Labute approximate surface area is 121 Å². The van der Waals surface area contributed by atoms with E-state index in [0.29, 0.717) is 6.04 Å². The van der Waals surface area contributed by atoms with E-state index in [0.717, 1.165) is 24.0 Å². The summed E-state index contributed by atoms with van der Waals surface area (Å²) in [5.41, 5.74) is 4.15. The molecule has 0 bridgehead atoms. The van der Waals surface area contributed by atoms with Crippen molar-refractivity contribution in [3.8, 4) is 0 Å². The minimum absolute atomic E-state index is 0.317. The van der Waals surface area contributed by atoms with Crippen molar-refractivity contribution in [2.75, 3.05) is 0 Å². The van der Waals surface area contributed by atoms with E-state index in [-0.39, 0.29) is 0 Å². The van der Waals surface area contributed by atoms with Gasteiger partial charge < -0.3 is 9.73 Å². The molecule has 1 fully saturated rings. The number of hydrogen-bond acceptors (Lipinski definition) is 2. The molecule has 2 nitrogen and oxygen atoms in total. The fraction of sp³-hybridized carbons (Fsp3) is 0.444. The van der Waals surface area contributed by atoms with Crippen LogP contribution in [-0.4, -0.2) is 0 Å². The lowest BCUT2D eigenvalue weighted by atomic mass is 10.1. The second kappa shape index (κ2) is 5.45. The average molecular weight is 269 g/mol. The van der Waals surface area contributed by atoms with Crippen molar-refractivity contribution in [2.24, 2.45) is 0 Å². The van der Waals surface area contributed by atoms with Crippen LogP contribution in [0, 0.1) is 13.8 Å². The summed E-state index contributed by atoms with van der Waals surface area (Å²) in [6.07, 6.45) is 2.72. The number of hydrogen-bond donors (Lipinski definition) is 1. The summed E-state index contributed by atoms with van der Waals surface area (Å²) in [6, 6.07) is 11.4. The molecule has 0 amide bonds. The summed E-state index contributed by atoms with van der Waals surface area (Å²) in [5.74, 6) is 2.84. The molecule has 1 aliphatic carbocycles. The first-order valence-corrected chi connectivity index (χ1v) is 7.52. The maximum Gasteiger partial charge on any atom is 0.105 e. The van der Waals surface area contributed by atoms with Gasteiger partial charge in [-0.05, 0) is 56.7 Å². The quantitative estimate of drug-likeness (QED) is 0.856. The summed E-state index contributed by atoms with van der Waals surface area (Å²) in [4.78, 5) is 0. The van der Waals surface area contributed by atoms with E-state index in [1.54, 1.807) is 0 Å². The van der Waals surface area contributed by atoms with Crippen LogP contribution in [0.3, 0.4) is 0 Å². The predicted octanol–water partition coefficient (Wildman–Crippen LogP) is 4.62. The highest BCUT2D eigenvalue weighted by Gasteiger charge is 2.23. The zero-order valence-electron chi connectivity index (χ0n) is 12.6. The van der Waals surface area contributed by atoms with E-state index in [1.807, 2.05) is 13.8 Å².